The van der Waals surface area contributed by atoms with E-state index in [1.165, 1.54) is 45.2 Å². The molecule has 2 aliphatic rings. The highest BCUT2D eigenvalue weighted by Gasteiger charge is 2.37. The molecule has 13 heavy (non-hydrogen) atoms. The Hall–Kier alpha value is -0.0800. The molecule has 0 aromatic rings. The molecule has 1 N–H and O–H groups in total. The van der Waals surface area contributed by atoms with Gasteiger partial charge < -0.3 is 10.2 Å². The van der Waals surface area contributed by atoms with E-state index < -0.39 is 0 Å². The van der Waals surface area contributed by atoms with Gasteiger partial charge in [0, 0.05) is 18.1 Å². The van der Waals surface area contributed by atoms with Crippen molar-refractivity contribution in [3.8, 4) is 0 Å². The van der Waals surface area contributed by atoms with E-state index in [0.29, 0.717) is 5.54 Å². The predicted octanol–water partition coefficient (Wildman–Crippen LogP) is 1.61. The summed E-state index contributed by atoms with van der Waals surface area (Å²) >= 11 is 0. The maximum Gasteiger partial charge on any atom is 0.0217 e. The van der Waals surface area contributed by atoms with Gasteiger partial charge in [0.15, 0.2) is 0 Å². The fraction of sp³-hybridized carbons (Fsp3) is 1.00. The average Bonchev–Trinajstić information content (AvgIpc) is 2.83. The Bertz CT molecular complexity index is 175. The first-order valence-corrected chi connectivity index (χ1v) is 5.65. The molecule has 0 aromatic heterocycles. The largest absolute Gasteiger partial charge is 0.310 e. The van der Waals surface area contributed by atoms with Crippen LogP contribution in [0.15, 0.2) is 0 Å². The summed E-state index contributed by atoms with van der Waals surface area (Å²) in [6.07, 6.45) is 6.96. The van der Waals surface area contributed by atoms with Crippen LogP contribution in [-0.4, -0.2) is 36.6 Å². The average molecular weight is 182 g/mol. The van der Waals surface area contributed by atoms with E-state index in [1.54, 1.807) is 0 Å². The van der Waals surface area contributed by atoms with Crippen molar-refractivity contribution >= 4 is 0 Å². The van der Waals surface area contributed by atoms with Crippen molar-refractivity contribution in [2.45, 2.75) is 50.6 Å². The van der Waals surface area contributed by atoms with Crippen molar-refractivity contribution in [2.75, 3.05) is 20.1 Å². The van der Waals surface area contributed by atoms with E-state index >= 15 is 0 Å². The molecular formula is C11H22N2. The molecule has 1 aliphatic heterocycles. The van der Waals surface area contributed by atoms with Gasteiger partial charge in [0.1, 0.15) is 0 Å². The number of likely N-dealkylation sites (tertiary alicyclic amines) is 1. The SMILES string of the molecule is CN1CCCCC1CNC1(C)CC1. The molecule has 0 amide bonds. The number of rotatable bonds is 3. The Morgan fingerprint density at radius 2 is 2.15 bits per heavy atom. The first-order chi connectivity index (χ1) is 6.20. The molecule has 1 unspecified atom stereocenters. The van der Waals surface area contributed by atoms with Crippen molar-refractivity contribution in [3.05, 3.63) is 0 Å². The Labute approximate surface area is 81.7 Å². The van der Waals surface area contributed by atoms with Crippen LogP contribution >= 0.6 is 0 Å². The molecule has 1 saturated heterocycles. The van der Waals surface area contributed by atoms with E-state index in [9.17, 15) is 0 Å². The van der Waals surface area contributed by atoms with Crippen LogP contribution in [0.4, 0.5) is 0 Å². The van der Waals surface area contributed by atoms with Crippen molar-refractivity contribution in [2.24, 2.45) is 0 Å². The minimum Gasteiger partial charge on any atom is -0.310 e. The van der Waals surface area contributed by atoms with Gasteiger partial charge in [-0.2, -0.15) is 0 Å². The van der Waals surface area contributed by atoms with E-state index in [1.807, 2.05) is 0 Å². The third-order valence-electron chi connectivity index (χ3n) is 3.69. The maximum absolute atomic E-state index is 3.69. The van der Waals surface area contributed by atoms with E-state index in [0.717, 1.165) is 6.04 Å². The van der Waals surface area contributed by atoms with Crippen LogP contribution < -0.4 is 5.32 Å². The molecule has 1 atom stereocenters. The van der Waals surface area contributed by atoms with E-state index in [-0.39, 0.29) is 0 Å². The first-order valence-electron chi connectivity index (χ1n) is 5.65. The molecule has 76 valence electrons. The lowest BCUT2D eigenvalue weighted by Crippen LogP contribution is -2.45. The van der Waals surface area contributed by atoms with Gasteiger partial charge in [-0.1, -0.05) is 6.42 Å². The van der Waals surface area contributed by atoms with Gasteiger partial charge in [0.2, 0.25) is 0 Å². The molecule has 2 rings (SSSR count). The van der Waals surface area contributed by atoms with Gasteiger partial charge in [-0.15, -0.1) is 0 Å². The van der Waals surface area contributed by atoms with Gasteiger partial charge in [-0.05, 0) is 46.2 Å². The summed E-state index contributed by atoms with van der Waals surface area (Å²) in [4.78, 5) is 2.52. The highest BCUT2D eigenvalue weighted by Crippen LogP contribution is 2.34. The molecule has 2 heteroatoms. The normalized spacial score (nSPS) is 33.2. The molecule has 0 aromatic carbocycles. The minimum atomic E-state index is 0.512. The lowest BCUT2D eigenvalue weighted by Gasteiger charge is -2.33. The Kier molecular flexibility index (Phi) is 2.61. The van der Waals surface area contributed by atoms with Crippen LogP contribution in [-0.2, 0) is 0 Å². The number of likely N-dealkylation sites (N-methyl/N-ethyl adjacent to an activating group) is 1. The van der Waals surface area contributed by atoms with Gasteiger partial charge in [-0.3, -0.25) is 0 Å². The lowest BCUT2D eigenvalue weighted by molar-refractivity contribution is 0.177. The Morgan fingerprint density at radius 3 is 2.77 bits per heavy atom. The number of piperidine rings is 1. The number of nitrogens with zero attached hydrogens (tertiary/aromatic N) is 1. The topological polar surface area (TPSA) is 15.3 Å². The highest BCUT2D eigenvalue weighted by atomic mass is 15.2. The fourth-order valence-corrected chi connectivity index (χ4v) is 2.13. The molecule has 0 radical (unpaired) electrons. The van der Waals surface area contributed by atoms with Crippen LogP contribution in [0.1, 0.15) is 39.0 Å². The van der Waals surface area contributed by atoms with Crippen molar-refractivity contribution < 1.29 is 0 Å². The van der Waals surface area contributed by atoms with Crippen LogP contribution in [0.25, 0.3) is 0 Å². The summed E-state index contributed by atoms with van der Waals surface area (Å²) in [6.45, 7) is 4.84. The van der Waals surface area contributed by atoms with Crippen LogP contribution in [0.3, 0.4) is 0 Å². The third kappa shape index (κ3) is 2.44. The standard InChI is InChI=1S/C11H22N2/c1-11(6-7-11)12-9-10-5-3-4-8-13(10)2/h10,12H,3-9H2,1-2H3. The van der Waals surface area contributed by atoms with Crippen molar-refractivity contribution in [1.82, 2.24) is 10.2 Å². The van der Waals surface area contributed by atoms with Gasteiger partial charge in [-0.25, -0.2) is 0 Å². The van der Waals surface area contributed by atoms with E-state index in [4.69, 9.17) is 0 Å². The van der Waals surface area contributed by atoms with Crippen LogP contribution in [0.2, 0.25) is 0 Å². The molecular weight excluding hydrogens is 160 g/mol. The summed E-state index contributed by atoms with van der Waals surface area (Å²) in [7, 11) is 2.26. The maximum atomic E-state index is 3.69. The molecule has 1 aliphatic carbocycles. The zero-order valence-corrected chi connectivity index (χ0v) is 8.97. The summed E-state index contributed by atoms with van der Waals surface area (Å²) < 4.78 is 0. The number of hydrogen-bond acceptors (Lipinski definition) is 2. The van der Waals surface area contributed by atoms with Crippen molar-refractivity contribution in [1.29, 1.82) is 0 Å². The second kappa shape index (κ2) is 3.58. The van der Waals surface area contributed by atoms with Gasteiger partial charge in [0.25, 0.3) is 0 Å². The molecule has 1 heterocycles. The molecule has 2 fully saturated rings. The summed E-state index contributed by atoms with van der Waals surface area (Å²) in [5.41, 5.74) is 0.512. The predicted molar refractivity (Wildman–Crippen MR) is 55.9 cm³/mol. The Balaban J connectivity index is 1.73. The number of hydrogen-bond donors (Lipinski definition) is 1. The van der Waals surface area contributed by atoms with Crippen LogP contribution in [0, 0.1) is 0 Å². The molecule has 2 nitrogen and oxygen atoms in total. The van der Waals surface area contributed by atoms with Crippen LogP contribution in [0.5, 0.6) is 0 Å². The summed E-state index contributed by atoms with van der Waals surface area (Å²) in [6, 6.07) is 0.797. The fourth-order valence-electron chi connectivity index (χ4n) is 2.13. The highest BCUT2D eigenvalue weighted by molar-refractivity contribution is 4.98. The summed E-state index contributed by atoms with van der Waals surface area (Å²) in [5.74, 6) is 0. The number of nitrogens with one attached hydrogen (secondary N) is 1. The molecule has 1 saturated carbocycles. The van der Waals surface area contributed by atoms with Gasteiger partial charge >= 0.3 is 0 Å². The zero-order chi connectivity index (χ0) is 9.31. The minimum absolute atomic E-state index is 0.512. The van der Waals surface area contributed by atoms with Gasteiger partial charge in [0.05, 0.1) is 0 Å². The second-order valence-corrected chi connectivity index (χ2v) is 5.07. The Morgan fingerprint density at radius 1 is 1.38 bits per heavy atom. The zero-order valence-electron chi connectivity index (χ0n) is 8.97. The monoisotopic (exact) mass is 182 g/mol. The summed E-state index contributed by atoms with van der Waals surface area (Å²) in [5, 5.41) is 3.69. The smallest absolute Gasteiger partial charge is 0.0217 e. The third-order valence-corrected chi connectivity index (χ3v) is 3.69. The first kappa shape index (κ1) is 9.47. The second-order valence-electron chi connectivity index (χ2n) is 5.07. The van der Waals surface area contributed by atoms with E-state index in [2.05, 4.69) is 24.2 Å². The molecule has 0 bridgehead atoms. The van der Waals surface area contributed by atoms with Crippen molar-refractivity contribution in [3.63, 3.8) is 0 Å². The molecule has 0 spiro atoms. The quantitative estimate of drug-likeness (QED) is 0.713. The lowest BCUT2D eigenvalue weighted by atomic mass is 10.0.